The summed E-state index contributed by atoms with van der Waals surface area (Å²) in [5, 5.41) is 10.3. The van der Waals surface area contributed by atoms with Crippen LogP contribution in [0.2, 0.25) is 0 Å². The minimum Gasteiger partial charge on any atom is -0.496 e. The maximum absolute atomic E-state index is 13.2. The number of ether oxygens (including phenoxy) is 1. The van der Waals surface area contributed by atoms with Crippen LogP contribution >= 0.6 is 15.9 Å². The van der Waals surface area contributed by atoms with E-state index in [9.17, 15) is 9.50 Å². The average Bonchev–Trinajstić information content (AvgIpc) is 2.42. The summed E-state index contributed by atoms with van der Waals surface area (Å²) in [5.41, 5.74) is 2.66. The van der Waals surface area contributed by atoms with Crippen LogP contribution in [-0.2, 0) is 6.42 Å². The highest BCUT2D eigenvalue weighted by Crippen LogP contribution is 2.29. The number of rotatable bonds is 4. The number of methoxy groups -OCH3 is 1. The largest absolute Gasteiger partial charge is 0.496 e. The molecule has 2 aromatic carbocycles. The summed E-state index contributed by atoms with van der Waals surface area (Å²) in [6, 6.07) is 10.4. The molecule has 1 N–H and O–H groups in total. The van der Waals surface area contributed by atoms with Crippen LogP contribution in [0.25, 0.3) is 0 Å². The molecule has 4 heteroatoms. The highest BCUT2D eigenvalue weighted by molar-refractivity contribution is 9.10. The molecule has 1 unspecified atom stereocenters. The van der Waals surface area contributed by atoms with Gasteiger partial charge in [0.25, 0.3) is 0 Å². The zero-order valence-electron chi connectivity index (χ0n) is 11.4. The summed E-state index contributed by atoms with van der Waals surface area (Å²) in [6.45, 7) is 1.97. The van der Waals surface area contributed by atoms with Crippen LogP contribution < -0.4 is 4.74 Å². The Kier molecular flexibility index (Phi) is 4.78. The molecule has 0 radical (unpaired) electrons. The first-order chi connectivity index (χ1) is 9.51. The van der Waals surface area contributed by atoms with Crippen molar-refractivity contribution in [3.05, 3.63) is 63.4 Å². The summed E-state index contributed by atoms with van der Waals surface area (Å²) >= 11 is 3.15. The van der Waals surface area contributed by atoms with Crippen molar-refractivity contribution in [2.75, 3.05) is 7.11 Å². The smallest absolute Gasteiger partial charge is 0.137 e. The second kappa shape index (κ2) is 6.37. The van der Waals surface area contributed by atoms with Gasteiger partial charge in [-0.15, -0.1) is 0 Å². The maximum atomic E-state index is 13.2. The predicted molar refractivity (Wildman–Crippen MR) is 80.5 cm³/mol. The molecule has 0 saturated heterocycles. The predicted octanol–water partition coefficient (Wildman–Crippen LogP) is 4.18. The van der Waals surface area contributed by atoms with Gasteiger partial charge in [0.2, 0.25) is 0 Å². The quantitative estimate of drug-likeness (QED) is 0.905. The second-order valence-corrected chi connectivity index (χ2v) is 5.57. The van der Waals surface area contributed by atoms with E-state index in [4.69, 9.17) is 4.74 Å². The Bertz CT molecular complexity index is 613. The van der Waals surface area contributed by atoms with Gasteiger partial charge in [0, 0.05) is 12.0 Å². The number of hydrogen-bond acceptors (Lipinski definition) is 2. The maximum Gasteiger partial charge on any atom is 0.137 e. The molecule has 20 heavy (non-hydrogen) atoms. The van der Waals surface area contributed by atoms with Gasteiger partial charge in [0.05, 0.1) is 17.7 Å². The van der Waals surface area contributed by atoms with Crippen molar-refractivity contribution in [2.45, 2.75) is 19.4 Å². The fourth-order valence-corrected chi connectivity index (χ4v) is 2.52. The number of aliphatic hydroxyl groups is 1. The Morgan fingerprint density at radius 2 is 2.00 bits per heavy atom. The SMILES string of the molecule is COc1cc(C)ccc1C(O)Cc1ccc(F)c(Br)c1. The fraction of sp³-hybridized carbons (Fsp3) is 0.250. The number of aliphatic hydroxyl groups excluding tert-OH is 1. The van der Waals surface area contributed by atoms with Gasteiger partial charge in [0.1, 0.15) is 11.6 Å². The lowest BCUT2D eigenvalue weighted by Gasteiger charge is -2.15. The van der Waals surface area contributed by atoms with Gasteiger partial charge in [-0.1, -0.05) is 18.2 Å². The Labute approximate surface area is 126 Å². The van der Waals surface area contributed by atoms with E-state index < -0.39 is 6.10 Å². The van der Waals surface area contributed by atoms with Gasteiger partial charge < -0.3 is 9.84 Å². The molecule has 0 aliphatic carbocycles. The zero-order valence-corrected chi connectivity index (χ0v) is 12.9. The fourth-order valence-electron chi connectivity index (χ4n) is 2.09. The molecule has 0 saturated carbocycles. The third-order valence-corrected chi connectivity index (χ3v) is 3.77. The number of benzene rings is 2. The summed E-state index contributed by atoms with van der Waals surface area (Å²) in [7, 11) is 1.58. The zero-order chi connectivity index (χ0) is 14.7. The third kappa shape index (κ3) is 3.38. The minimum absolute atomic E-state index is 0.309. The summed E-state index contributed by atoms with van der Waals surface area (Å²) < 4.78 is 18.9. The van der Waals surface area contributed by atoms with Crippen molar-refractivity contribution in [2.24, 2.45) is 0 Å². The average molecular weight is 339 g/mol. The lowest BCUT2D eigenvalue weighted by Crippen LogP contribution is -2.04. The first-order valence-corrected chi connectivity index (χ1v) is 7.07. The van der Waals surface area contributed by atoms with E-state index in [2.05, 4.69) is 15.9 Å². The monoisotopic (exact) mass is 338 g/mol. The van der Waals surface area contributed by atoms with E-state index in [1.165, 1.54) is 6.07 Å². The molecule has 2 rings (SSSR count). The van der Waals surface area contributed by atoms with Crippen LogP contribution in [0.15, 0.2) is 40.9 Å². The minimum atomic E-state index is -0.692. The van der Waals surface area contributed by atoms with Crippen molar-refractivity contribution in [3.63, 3.8) is 0 Å². The van der Waals surface area contributed by atoms with Crippen LogP contribution in [0.4, 0.5) is 4.39 Å². The molecule has 0 aromatic heterocycles. The Hall–Kier alpha value is -1.39. The van der Waals surface area contributed by atoms with Crippen LogP contribution in [-0.4, -0.2) is 12.2 Å². The van der Waals surface area contributed by atoms with Crippen LogP contribution in [0.1, 0.15) is 22.8 Å². The molecule has 0 amide bonds. The molecule has 0 aliphatic rings. The Morgan fingerprint density at radius 3 is 2.65 bits per heavy atom. The molecule has 1 atom stereocenters. The topological polar surface area (TPSA) is 29.5 Å². The van der Waals surface area contributed by atoms with E-state index in [0.717, 1.165) is 16.7 Å². The Balaban J connectivity index is 2.23. The van der Waals surface area contributed by atoms with Gasteiger partial charge in [-0.25, -0.2) is 4.39 Å². The summed E-state index contributed by atoms with van der Waals surface area (Å²) in [6.07, 6.45) is -0.291. The van der Waals surface area contributed by atoms with Gasteiger partial charge in [-0.3, -0.25) is 0 Å². The molecule has 0 heterocycles. The van der Waals surface area contributed by atoms with Crippen molar-refractivity contribution in [3.8, 4) is 5.75 Å². The summed E-state index contributed by atoms with van der Waals surface area (Å²) in [4.78, 5) is 0. The molecule has 0 aliphatic heterocycles. The Morgan fingerprint density at radius 1 is 1.25 bits per heavy atom. The first kappa shape index (κ1) is 15.0. The molecular formula is C16H16BrFO2. The van der Waals surface area contributed by atoms with E-state index in [-0.39, 0.29) is 5.82 Å². The molecule has 0 bridgehead atoms. The van der Waals surface area contributed by atoms with Crippen molar-refractivity contribution in [1.82, 2.24) is 0 Å². The van der Waals surface area contributed by atoms with Gasteiger partial charge in [-0.2, -0.15) is 0 Å². The second-order valence-electron chi connectivity index (χ2n) is 4.71. The van der Waals surface area contributed by atoms with Crippen molar-refractivity contribution in [1.29, 1.82) is 0 Å². The van der Waals surface area contributed by atoms with Crippen LogP contribution in [0, 0.1) is 12.7 Å². The van der Waals surface area contributed by atoms with E-state index in [1.54, 1.807) is 19.2 Å². The van der Waals surface area contributed by atoms with Gasteiger partial charge in [0.15, 0.2) is 0 Å². The normalized spacial score (nSPS) is 12.2. The first-order valence-electron chi connectivity index (χ1n) is 6.28. The van der Waals surface area contributed by atoms with E-state index >= 15 is 0 Å². The molecule has 0 fully saturated rings. The van der Waals surface area contributed by atoms with Gasteiger partial charge >= 0.3 is 0 Å². The highest BCUT2D eigenvalue weighted by atomic mass is 79.9. The lowest BCUT2D eigenvalue weighted by molar-refractivity contribution is 0.174. The van der Waals surface area contributed by atoms with Crippen LogP contribution in [0.5, 0.6) is 5.75 Å². The number of halogens is 2. The van der Waals surface area contributed by atoms with E-state index in [1.807, 2.05) is 25.1 Å². The third-order valence-electron chi connectivity index (χ3n) is 3.16. The molecule has 0 spiro atoms. The molecule has 2 nitrogen and oxygen atoms in total. The highest BCUT2D eigenvalue weighted by Gasteiger charge is 2.14. The number of aryl methyl sites for hydroxylation is 1. The summed E-state index contributed by atoms with van der Waals surface area (Å²) in [5.74, 6) is 0.356. The van der Waals surface area contributed by atoms with Crippen molar-refractivity contribution < 1.29 is 14.2 Å². The van der Waals surface area contributed by atoms with Crippen molar-refractivity contribution >= 4 is 15.9 Å². The van der Waals surface area contributed by atoms with Crippen LogP contribution in [0.3, 0.4) is 0 Å². The lowest BCUT2D eigenvalue weighted by atomic mass is 9.99. The molecular weight excluding hydrogens is 323 g/mol. The standard InChI is InChI=1S/C16H16BrFO2/c1-10-3-5-12(16(7-10)20-2)15(19)9-11-4-6-14(18)13(17)8-11/h3-8,15,19H,9H2,1-2H3. The molecule has 106 valence electrons. The molecule has 2 aromatic rings. The van der Waals surface area contributed by atoms with E-state index in [0.29, 0.717) is 16.6 Å². The van der Waals surface area contributed by atoms with Gasteiger partial charge in [-0.05, 0) is 52.2 Å². The number of hydrogen-bond donors (Lipinski definition) is 1.